The van der Waals surface area contributed by atoms with Crippen molar-refractivity contribution in [2.75, 3.05) is 25.6 Å². The zero-order valence-electron chi connectivity index (χ0n) is 13.6. The maximum Gasteiger partial charge on any atom is 0.255 e. The van der Waals surface area contributed by atoms with Crippen LogP contribution in [-0.2, 0) is 14.8 Å². The van der Waals surface area contributed by atoms with E-state index in [0.29, 0.717) is 5.69 Å². The molecule has 24 heavy (non-hydrogen) atoms. The predicted octanol–water partition coefficient (Wildman–Crippen LogP) is 2.17. The Kier molecular flexibility index (Phi) is 6.08. The number of anilines is 1. The number of rotatable bonds is 7. The average Bonchev–Trinajstić information content (AvgIpc) is 2.57. The van der Waals surface area contributed by atoms with Crippen molar-refractivity contribution in [1.29, 1.82) is 0 Å². The van der Waals surface area contributed by atoms with E-state index in [4.69, 9.17) is 4.74 Å². The van der Waals surface area contributed by atoms with Crippen LogP contribution >= 0.6 is 0 Å². The molecule has 0 aliphatic rings. The van der Waals surface area contributed by atoms with Gasteiger partial charge in [-0.3, -0.25) is 4.79 Å². The number of carbonyl (C=O) groups is 1. The van der Waals surface area contributed by atoms with Gasteiger partial charge in [-0.1, -0.05) is 24.3 Å². The SMILES string of the molecule is COCCNS(=O)(=O)c1cccc(C(=O)Nc2ccccc2C)c1. The number of ether oxygens (including phenoxy) is 1. The fraction of sp³-hybridized carbons (Fsp3) is 0.235. The fourth-order valence-corrected chi connectivity index (χ4v) is 3.13. The summed E-state index contributed by atoms with van der Waals surface area (Å²) in [5.74, 6) is -0.363. The Hall–Kier alpha value is -2.22. The van der Waals surface area contributed by atoms with Crippen molar-refractivity contribution in [2.24, 2.45) is 0 Å². The first-order valence-corrected chi connectivity index (χ1v) is 8.88. The van der Waals surface area contributed by atoms with Gasteiger partial charge in [-0.25, -0.2) is 13.1 Å². The summed E-state index contributed by atoms with van der Waals surface area (Å²) in [5, 5.41) is 2.78. The summed E-state index contributed by atoms with van der Waals surface area (Å²) in [4.78, 5) is 12.4. The van der Waals surface area contributed by atoms with Gasteiger partial charge in [0.05, 0.1) is 11.5 Å². The molecule has 0 aliphatic heterocycles. The lowest BCUT2D eigenvalue weighted by molar-refractivity contribution is 0.102. The minimum absolute atomic E-state index is 0.0380. The number of hydrogen-bond donors (Lipinski definition) is 2. The van der Waals surface area contributed by atoms with Gasteiger partial charge in [0.2, 0.25) is 10.0 Å². The van der Waals surface area contributed by atoms with Gasteiger partial charge in [0.25, 0.3) is 5.91 Å². The second-order valence-electron chi connectivity index (χ2n) is 5.19. The number of aryl methyl sites for hydroxylation is 1. The van der Waals surface area contributed by atoms with Crippen LogP contribution in [0.3, 0.4) is 0 Å². The van der Waals surface area contributed by atoms with E-state index in [1.807, 2.05) is 25.1 Å². The van der Waals surface area contributed by atoms with Crippen LogP contribution in [0, 0.1) is 6.92 Å². The Labute approximate surface area is 141 Å². The van der Waals surface area contributed by atoms with E-state index in [1.165, 1.54) is 25.3 Å². The van der Waals surface area contributed by atoms with Crippen molar-refractivity contribution < 1.29 is 17.9 Å². The van der Waals surface area contributed by atoms with Crippen molar-refractivity contribution in [3.05, 3.63) is 59.7 Å². The van der Waals surface area contributed by atoms with Gasteiger partial charge in [0.15, 0.2) is 0 Å². The fourth-order valence-electron chi connectivity index (χ4n) is 2.07. The second kappa shape index (κ2) is 8.05. The molecule has 2 rings (SSSR count). The molecule has 6 nitrogen and oxygen atoms in total. The molecule has 0 atom stereocenters. The standard InChI is InChI=1S/C17H20N2O4S/c1-13-6-3-4-9-16(13)19-17(20)14-7-5-8-15(12-14)24(21,22)18-10-11-23-2/h3-9,12,18H,10-11H2,1-2H3,(H,19,20). The zero-order chi connectivity index (χ0) is 17.6. The number of para-hydroxylation sites is 1. The minimum atomic E-state index is -3.68. The number of methoxy groups -OCH3 is 1. The zero-order valence-corrected chi connectivity index (χ0v) is 14.4. The van der Waals surface area contributed by atoms with Gasteiger partial charge in [-0.2, -0.15) is 0 Å². The summed E-state index contributed by atoms with van der Waals surface area (Å²) in [7, 11) is -2.19. The number of nitrogens with one attached hydrogen (secondary N) is 2. The first-order chi connectivity index (χ1) is 11.4. The van der Waals surface area contributed by atoms with Crippen LogP contribution in [0.1, 0.15) is 15.9 Å². The molecule has 128 valence electrons. The number of amides is 1. The number of carbonyl (C=O) groups excluding carboxylic acids is 1. The van der Waals surface area contributed by atoms with E-state index >= 15 is 0 Å². The Morgan fingerprint density at radius 2 is 1.88 bits per heavy atom. The van der Waals surface area contributed by atoms with Gasteiger partial charge in [0.1, 0.15) is 0 Å². The molecule has 0 unspecified atom stereocenters. The van der Waals surface area contributed by atoms with E-state index in [9.17, 15) is 13.2 Å². The Balaban J connectivity index is 2.18. The molecule has 0 fully saturated rings. The summed E-state index contributed by atoms with van der Waals surface area (Å²) in [6.07, 6.45) is 0. The Morgan fingerprint density at radius 3 is 2.58 bits per heavy atom. The van der Waals surface area contributed by atoms with Crippen molar-refractivity contribution >= 4 is 21.6 Å². The molecule has 0 heterocycles. The lowest BCUT2D eigenvalue weighted by Gasteiger charge is -2.10. The Morgan fingerprint density at radius 1 is 1.12 bits per heavy atom. The van der Waals surface area contributed by atoms with Gasteiger partial charge in [0, 0.05) is 24.9 Å². The molecule has 0 saturated heterocycles. The highest BCUT2D eigenvalue weighted by molar-refractivity contribution is 7.89. The monoisotopic (exact) mass is 348 g/mol. The Bertz CT molecular complexity index is 819. The van der Waals surface area contributed by atoms with Crippen LogP contribution in [0.5, 0.6) is 0 Å². The summed E-state index contributed by atoms with van der Waals surface area (Å²) < 4.78 is 31.6. The molecule has 0 aromatic heterocycles. The molecule has 0 spiro atoms. The van der Waals surface area contributed by atoms with Crippen molar-refractivity contribution in [2.45, 2.75) is 11.8 Å². The summed E-state index contributed by atoms with van der Waals surface area (Å²) in [6, 6.07) is 13.3. The van der Waals surface area contributed by atoms with Gasteiger partial charge in [-0.15, -0.1) is 0 Å². The highest BCUT2D eigenvalue weighted by Gasteiger charge is 2.16. The second-order valence-corrected chi connectivity index (χ2v) is 6.95. The first-order valence-electron chi connectivity index (χ1n) is 7.39. The summed E-state index contributed by atoms with van der Waals surface area (Å²) >= 11 is 0. The van der Waals surface area contributed by atoms with Crippen LogP contribution in [0.4, 0.5) is 5.69 Å². The third-order valence-electron chi connectivity index (χ3n) is 3.40. The summed E-state index contributed by atoms with van der Waals surface area (Å²) in [5.41, 5.74) is 1.89. The molecular weight excluding hydrogens is 328 g/mol. The molecule has 2 N–H and O–H groups in total. The maximum atomic E-state index is 12.4. The smallest absolute Gasteiger partial charge is 0.255 e. The molecule has 0 aliphatic carbocycles. The third-order valence-corrected chi connectivity index (χ3v) is 4.86. The highest BCUT2D eigenvalue weighted by atomic mass is 32.2. The van der Waals surface area contributed by atoms with Crippen LogP contribution in [0.2, 0.25) is 0 Å². The topological polar surface area (TPSA) is 84.5 Å². The largest absolute Gasteiger partial charge is 0.383 e. The van der Waals surface area contributed by atoms with Crippen LogP contribution < -0.4 is 10.0 Å². The first kappa shape index (κ1) is 18.1. The van der Waals surface area contributed by atoms with E-state index in [1.54, 1.807) is 12.1 Å². The average molecular weight is 348 g/mol. The van der Waals surface area contributed by atoms with E-state index < -0.39 is 10.0 Å². The van der Waals surface area contributed by atoms with Crippen LogP contribution in [0.15, 0.2) is 53.4 Å². The normalized spacial score (nSPS) is 11.2. The number of sulfonamides is 1. The summed E-state index contributed by atoms with van der Waals surface area (Å²) in [6.45, 7) is 2.32. The molecular formula is C17H20N2O4S. The molecule has 1 amide bonds. The quantitative estimate of drug-likeness (QED) is 0.751. The van der Waals surface area contributed by atoms with Crippen LogP contribution in [0.25, 0.3) is 0 Å². The van der Waals surface area contributed by atoms with Gasteiger partial charge in [-0.05, 0) is 36.8 Å². The van der Waals surface area contributed by atoms with Gasteiger partial charge >= 0.3 is 0 Å². The lowest BCUT2D eigenvalue weighted by Crippen LogP contribution is -2.27. The van der Waals surface area contributed by atoms with Crippen molar-refractivity contribution in [1.82, 2.24) is 4.72 Å². The molecule has 0 radical (unpaired) electrons. The van der Waals surface area contributed by atoms with Gasteiger partial charge < -0.3 is 10.1 Å². The van der Waals surface area contributed by atoms with Crippen molar-refractivity contribution in [3.8, 4) is 0 Å². The third kappa shape index (κ3) is 4.64. The van der Waals surface area contributed by atoms with E-state index in [-0.39, 0.29) is 29.5 Å². The molecule has 0 saturated carbocycles. The predicted molar refractivity (Wildman–Crippen MR) is 92.6 cm³/mol. The molecule has 0 bridgehead atoms. The van der Waals surface area contributed by atoms with Crippen LogP contribution in [-0.4, -0.2) is 34.6 Å². The number of hydrogen-bond acceptors (Lipinski definition) is 4. The lowest BCUT2D eigenvalue weighted by atomic mass is 10.1. The number of benzene rings is 2. The molecule has 7 heteroatoms. The van der Waals surface area contributed by atoms with E-state index in [0.717, 1.165) is 5.56 Å². The molecule has 2 aromatic rings. The highest BCUT2D eigenvalue weighted by Crippen LogP contribution is 2.16. The minimum Gasteiger partial charge on any atom is -0.383 e. The van der Waals surface area contributed by atoms with E-state index in [2.05, 4.69) is 10.0 Å². The maximum absolute atomic E-state index is 12.4. The molecule has 2 aromatic carbocycles. The van der Waals surface area contributed by atoms with Crippen molar-refractivity contribution in [3.63, 3.8) is 0 Å².